The van der Waals surface area contributed by atoms with Crippen molar-refractivity contribution in [2.45, 2.75) is 62.3 Å². The van der Waals surface area contributed by atoms with Gasteiger partial charge in [0.15, 0.2) is 11.6 Å². The maximum absolute atomic E-state index is 12.5. The predicted octanol–water partition coefficient (Wildman–Crippen LogP) is 6.64. The van der Waals surface area contributed by atoms with Gasteiger partial charge in [0.1, 0.15) is 11.1 Å². The Balaban J connectivity index is 0.000000361. The lowest BCUT2D eigenvalue weighted by molar-refractivity contribution is -0.128. The van der Waals surface area contributed by atoms with Crippen LogP contribution in [0.2, 0.25) is 10.0 Å². The van der Waals surface area contributed by atoms with Crippen LogP contribution in [0.5, 0.6) is 0 Å². The molecule has 2 N–H and O–H groups in total. The molecular weight excluding hydrogens is 514 g/mol. The number of rotatable bonds is 4. The topological polar surface area (TPSA) is 58.2 Å². The minimum atomic E-state index is -1.79. The fourth-order valence-corrected chi connectivity index (χ4v) is 5.11. The predicted molar refractivity (Wildman–Crippen MR) is 146 cm³/mol. The van der Waals surface area contributed by atoms with Gasteiger partial charge in [-0.2, -0.15) is 0 Å². The van der Waals surface area contributed by atoms with Gasteiger partial charge in [0, 0.05) is 28.3 Å². The van der Waals surface area contributed by atoms with Gasteiger partial charge in [-0.25, -0.2) is 0 Å². The standard InChI is InChI=1S/2C13H16ClNO.2ClH/c2*1-15-13(9-5-4-8-12(13)16)10-6-2-3-7-11(10)14;;/h2*2-3,6-7,15H,4-5,8-9H2,1H3;2*1H/t2*13-;;/m10../s1/i2*8D2;;. The molecule has 0 bridgehead atoms. The highest BCUT2D eigenvalue weighted by molar-refractivity contribution is 6.32. The van der Waals surface area contributed by atoms with Crippen LogP contribution in [0.1, 0.15) is 67.9 Å². The Morgan fingerprint density at radius 2 is 1.06 bits per heavy atom. The Morgan fingerprint density at radius 1 is 0.706 bits per heavy atom. The number of likely N-dealkylation sites (N-methyl/N-ethyl adjacent to an activating group) is 2. The van der Waals surface area contributed by atoms with Gasteiger partial charge in [0.25, 0.3) is 0 Å². The Kier molecular flexibility index (Phi) is 9.98. The van der Waals surface area contributed by atoms with Crippen molar-refractivity contribution in [3.05, 3.63) is 69.7 Å². The number of hydrogen-bond donors (Lipinski definition) is 2. The van der Waals surface area contributed by atoms with E-state index in [1.807, 2.05) is 12.1 Å². The summed E-state index contributed by atoms with van der Waals surface area (Å²) in [5.74, 6) is -0.839. The maximum atomic E-state index is 12.5. The van der Waals surface area contributed by atoms with Crippen LogP contribution in [0.25, 0.3) is 0 Å². The van der Waals surface area contributed by atoms with Crippen LogP contribution >= 0.6 is 48.0 Å². The smallest absolute Gasteiger partial charge is 0.157 e. The summed E-state index contributed by atoms with van der Waals surface area (Å²) in [4.78, 5) is 24.9. The summed E-state index contributed by atoms with van der Waals surface area (Å²) >= 11 is 12.3. The molecule has 0 saturated heterocycles. The molecule has 34 heavy (non-hydrogen) atoms. The third-order valence-corrected chi connectivity index (χ3v) is 6.98. The molecule has 8 heteroatoms. The molecule has 0 radical (unpaired) electrons. The fourth-order valence-electron chi connectivity index (χ4n) is 4.51. The Hall–Kier alpha value is -1.14. The second-order valence-corrected chi connectivity index (χ2v) is 8.80. The van der Waals surface area contributed by atoms with E-state index in [1.165, 1.54) is 0 Å². The second kappa shape index (κ2) is 13.8. The molecule has 0 unspecified atom stereocenters. The molecule has 4 nitrogen and oxygen atoms in total. The van der Waals surface area contributed by atoms with Crippen molar-refractivity contribution in [2.24, 2.45) is 0 Å². The maximum Gasteiger partial charge on any atom is 0.157 e. The molecule has 2 saturated carbocycles. The highest BCUT2D eigenvalue weighted by Gasteiger charge is 2.42. The van der Waals surface area contributed by atoms with E-state index in [0.717, 1.165) is 0 Å². The van der Waals surface area contributed by atoms with Gasteiger partial charge in [0.05, 0.1) is 0 Å². The molecule has 2 aliphatic carbocycles. The minimum Gasteiger partial charge on any atom is -0.304 e. The molecule has 0 spiro atoms. The third-order valence-electron chi connectivity index (χ3n) is 6.32. The van der Waals surface area contributed by atoms with Crippen molar-refractivity contribution < 1.29 is 15.1 Å². The summed E-state index contributed by atoms with van der Waals surface area (Å²) < 4.78 is 31.4. The van der Waals surface area contributed by atoms with Crippen molar-refractivity contribution in [2.75, 3.05) is 14.1 Å². The van der Waals surface area contributed by atoms with E-state index in [-0.39, 0.29) is 37.7 Å². The molecule has 2 aromatic carbocycles. The van der Waals surface area contributed by atoms with E-state index in [1.54, 1.807) is 50.5 Å². The number of benzene rings is 2. The quantitative estimate of drug-likeness (QED) is 0.447. The summed E-state index contributed by atoms with van der Waals surface area (Å²) in [6.45, 7) is 0. The largest absolute Gasteiger partial charge is 0.304 e. The van der Waals surface area contributed by atoms with Gasteiger partial charge in [-0.3, -0.25) is 9.59 Å². The molecule has 0 aromatic heterocycles. The number of carbonyl (C=O) groups excluding carboxylic acids is 2. The van der Waals surface area contributed by atoms with Crippen LogP contribution in [0.15, 0.2) is 48.5 Å². The summed E-state index contributed by atoms with van der Waals surface area (Å²) in [7, 11) is 3.37. The van der Waals surface area contributed by atoms with Gasteiger partial charge in [-0.15, -0.1) is 24.8 Å². The van der Waals surface area contributed by atoms with Crippen molar-refractivity contribution >= 4 is 59.6 Å². The van der Waals surface area contributed by atoms with E-state index in [2.05, 4.69) is 10.6 Å². The zero-order valence-corrected chi connectivity index (χ0v) is 22.4. The van der Waals surface area contributed by atoms with E-state index >= 15 is 0 Å². The van der Waals surface area contributed by atoms with Crippen molar-refractivity contribution in [3.8, 4) is 0 Å². The normalized spacial score (nSPS) is 28.9. The summed E-state index contributed by atoms with van der Waals surface area (Å²) in [6.07, 6.45) is -0.562. The van der Waals surface area contributed by atoms with Crippen LogP contribution in [0.4, 0.5) is 0 Å². The first kappa shape index (κ1) is 24.5. The first-order valence-corrected chi connectivity index (χ1v) is 11.6. The molecule has 2 fully saturated rings. The summed E-state index contributed by atoms with van der Waals surface area (Å²) in [6, 6.07) is 14.3. The number of carbonyl (C=O) groups is 2. The lowest BCUT2D eigenvalue weighted by atomic mass is 9.75. The van der Waals surface area contributed by atoms with E-state index in [9.17, 15) is 9.59 Å². The Bertz CT molecular complexity index is 1050. The number of hydrogen-bond acceptors (Lipinski definition) is 4. The molecular formula is C26H34Cl4N2O2. The van der Waals surface area contributed by atoms with Crippen LogP contribution in [0, 0.1) is 0 Å². The highest BCUT2D eigenvalue weighted by atomic mass is 35.5. The highest BCUT2D eigenvalue weighted by Crippen LogP contribution is 2.38. The van der Waals surface area contributed by atoms with Gasteiger partial charge >= 0.3 is 0 Å². The van der Waals surface area contributed by atoms with Crippen LogP contribution in [-0.4, -0.2) is 25.7 Å². The van der Waals surface area contributed by atoms with Crippen molar-refractivity contribution in [1.82, 2.24) is 10.6 Å². The molecule has 188 valence electrons. The van der Waals surface area contributed by atoms with Crippen molar-refractivity contribution in [3.63, 3.8) is 0 Å². The Morgan fingerprint density at radius 3 is 1.38 bits per heavy atom. The number of nitrogens with one attached hydrogen (secondary N) is 2. The Labute approximate surface area is 231 Å². The molecule has 0 aliphatic heterocycles. The molecule has 0 amide bonds. The third kappa shape index (κ3) is 6.16. The van der Waals surface area contributed by atoms with Crippen LogP contribution < -0.4 is 10.6 Å². The molecule has 2 aromatic rings. The van der Waals surface area contributed by atoms with Gasteiger partial charge in [-0.05, 0) is 63.0 Å². The second-order valence-electron chi connectivity index (χ2n) is 7.99. The van der Waals surface area contributed by atoms with Crippen LogP contribution in [-0.2, 0) is 20.7 Å². The van der Waals surface area contributed by atoms with E-state index in [4.69, 9.17) is 28.7 Å². The molecule has 2 aliphatic rings. The molecule has 2 atom stereocenters. The summed E-state index contributed by atoms with van der Waals surface area (Å²) in [5, 5.41) is 7.01. The lowest BCUT2D eigenvalue weighted by Gasteiger charge is -2.36. The first-order chi connectivity index (χ1) is 16.9. The van der Waals surface area contributed by atoms with Gasteiger partial charge in [-0.1, -0.05) is 72.4 Å². The zero-order chi connectivity index (χ0) is 26.8. The summed E-state index contributed by atoms with van der Waals surface area (Å²) in [5.41, 5.74) is -0.661. The number of ketones is 2. The SMILES string of the molecule is Cl.Cl.[2H]C1([2H])CCC[C@@](NC)(c2ccccc2Cl)C1=O.[2H]C1([2H])CCC[C@](NC)(c2ccccc2Cl)C1=O. The van der Waals surface area contributed by atoms with E-state index in [0.29, 0.717) is 46.9 Å². The minimum absolute atomic E-state index is 0. The monoisotopic (exact) mass is 550 g/mol. The van der Waals surface area contributed by atoms with Crippen molar-refractivity contribution in [1.29, 1.82) is 0 Å². The average molecular weight is 552 g/mol. The van der Waals surface area contributed by atoms with E-state index < -0.39 is 35.4 Å². The molecule has 0 heterocycles. The number of halogens is 4. The van der Waals surface area contributed by atoms with Gasteiger partial charge < -0.3 is 10.6 Å². The molecule has 4 rings (SSSR count). The fraction of sp³-hybridized carbons (Fsp3) is 0.462. The number of Topliss-reactive ketones (excluding diaryl/α,β-unsaturated/α-hetero) is 2. The van der Waals surface area contributed by atoms with Crippen LogP contribution in [0.3, 0.4) is 0 Å². The lowest BCUT2D eigenvalue weighted by Crippen LogP contribution is -2.49. The first-order valence-electron chi connectivity index (χ1n) is 12.9. The zero-order valence-electron chi connectivity index (χ0n) is 23.3. The van der Waals surface area contributed by atoms with Gasteiger partial charge in [0.2, 0.25) is 0 Å². The average Bonchev–Trinajstić information content (AvgIpc) is 2.84.